The maximum Gasteiger partial charge on any atom is 0.264 e. The smallest absolute Gasteiger partial charge is 0.264 e. The second-order valence-corrected chi connectivity index (χ2v) is 7.32. The molecule has 1 aliphatic heterocycles. The van der Waals surface area contributed by atoms with Gasteiger partial charge in [-0.3, -0.25) is 9.59 Å². The molecule has 2 aliphatic rings. The van der Waals surface area contributed by atoms with Crippen molar-refractivity contribution in [2.75, 3.05) is 11.9 Å². The summed E-state index contributed by atoms with van der Waals surface area (Å²) in [4.78, 5) is 27.3. The number of halogens is 1. The van der Waals surface area contributed by atoms with E-state index in [9.17, 15) is 14.7 Å². The van der Waals surface area contributed by atoms with Crippen LogP contribution in [0.1, 0.15) is 27.9 Å². The van der Waals surface area contributed by atoms with Crippen LogP contribution in [0.3, 0.4) is 0 Å². The van der Waals surface area contributed by atoms with Crippen LogP contribution >= 0.6 is 15.9 Å². The summed E-state index contributed by atoms with van der Waals surface area (Å²) in [6.45, 7) is 0. The van der Waals surface area contributed by atoms with Crippen LogP contribution in [0, 0.1) is 5.92 Å². The fourth-order valence-electron chi connectivity index (χ4n) is 3.92. The Morgan fingerprint density at radius 2 is 1.96 bits per heavy atom. The predicted octanol–water partition coefficient (Wildman–Crippen LogP) is 3.06. The number of benzene rings is 2. The monoisotopic (exact) mass is 385 g/mol. The van der Waals surface area contributed by atoms with Gasteiger partial charge in [0, 0.05) is 22.6 Å². The van der Waals surface area contributed by atoms with E-state index in [2.05, 4.69) is 15.9 Å². The highest BCUT2D eigenvalue weighted by molar-refractivity contribution is 9.10. The van der Waals surface area contributed by atoms with Gasteiger partial charge in [0.05, 0.1) is 11.6 Å². The average Bonchev–Trinajstić information content (AvgIpc) is 2.77. The molecule has 1 N–H and O–H groups in total. The quantitative estimate of drug-likeness (QED) is 0.820. The number of aryl methyl sites for hydroxylation is 1. The lowest BCUT2D eigenvalue weighted by Crippen LogP contribution is -2.49. The fourth-order valence-corrected chi connectivity index (χ4v) is 4.28. The zero-order valence-electron chi connectivity index (χ0n) is 13.1. The van der Waals surface area contributed by atoms with Crippen LogP contribution in [0.4, 0.5) is 5.69 Å². The minimum absolute atomic E-state index is 0.158. The van der Waals surface area contributed by atoms with Gasteiger partial charge in [-0.15, -0.1) is 0 Å². The largest absolute Gasteiger partial charge is 0.375 e. The van der Waals surface area contributed by atoms with E-state index in [1.54, 1.807) is 25.2 Å². The number of hydrogen-bond donors (Lipinski definition) is 1. The van der Waals surface area contributed by atoms with E-state index in [1.165, 1.54) is 4.90 Å². The van der Waals surface area contributed by atoms with Gasteiger partial charge in [0.15, 0.2) is 11.4 Å². The van der Waals surface area contributed by atoms with E-state index in [0.29, 0.717) is 29.7 Å². The lowest BCUT2D eigenvalue weighted by Gasteiger charge is -2.34. The van der Waals surface area contributed by atoms with E-state index in [4.69, 9.17) is 0 Å². The van der Waals surface area contributed by atoms with Gasteiger partial charge in [-0.1, -0.05) is 40.2 Å². The maximum atomic E-state index is 13.0. The molecule has 1 aliphatic carbocycles. The highest BCUT2D eigenvalue weighted by Gasteiger charge is 2.56. The van der Waals surface area contributed by atoms with Crippen LogP contribution in [0.15, 0.2) is 46.9 Å². The summed E-state index contributed by atoms with van der Waals surface area (Å²) in [5, 5.41) is 11.4. The van der Waals surface area contributed by atoms with Crippen LogP contribution in [0.2, 0.25) is 0 Å². The maximum absolute atomic E-state index is 13.0. The SMILES string of the molecule is CN1C(=O)[C@](O)([C@H]2CCc3ccccc3C2=O)c2cc(Br)ccc21. The van der Waals surface area contributed by atoms with Gasteiger partial charge < -0.3 is 10.0 Å². The standard InChI is InChI=1S/C19H16BrNO3/c1-21-16-9-7-12(20)10-15(16)19(24,18(21)23)14-8-6-11-4-2-3-5-13(11)17(14)22/h2-5,7,9-10,14,24H,6,8H2,1H3/t14-,19-/m0/s1. The number of Topliss-reactive ketones (excluding diaryl/α,β-unsaturated/α-hetero) is 1. The summed E-state index contributed by atoms with van der Waals surface area (Å²) in [7, 11) is 1.63. The Bertz CT molecular complexity index is 879. The molecule has 0 saturated carbocycles. The highest BCUT2D eigenvalue weighted by atomic mass is 79.9. The molecule has 122 valence electrons. The number of carbonyl (C=O) groups excluding carboxylic acids is 2. The number of ketones is 1. The van der Waals surface area contributed by atoms with Crippen LogP contribution in [-0.4, -0.2) is 23.8 Å². The Balaban J connectivity index is 1.87. The molecule has 2 aromatic rings. The Labute approximate surface area is 148 Å². The Morgan fingerprint density at radius 1 is 1.21 bits per heavy atom. The predicted molar refractivity (Wildman–Crippen MR) is 94.0 cm³/mol. The number of nitrogens with zero attached hydrogens (tertiary/aromatic N) is 1. The molecule has 0 saturated heterocycles. The van der Waals surface area contributed by atoms with Crippen molar-refractivity contribution in [3.63, 3.8) is 0 Å². The van der Waals surface area contributed by atoms with Crippen molar-refractivity contribution in [3.8, 4) is 0 Å². The van der Waals surface area contributed by atoms with Crippen molar-refractivity contribution in [1.29, 1.82) is 0 Å². The second-order valence-electron chi connectivity index (χ2n) is 6.40. The van der Waals surface area contributed by atoms with Crippen LogP contribution in [0.5, 0.6) is 0 Å². The Morgan fingerprint density at radius 3 is 2.75 bits per heavy atom. The Hall–Kier alpha value is -1.98. The molecular formula is C19H16BrNO3. The molecule has 0 bridgehead atoms. The number of rotatable bonds is 1. The minimum Gasteiger partial charge on any atom is -0.375 e. The molecule has 4 rings (SSSR count). The van der Waals surface area contributed by atoms with Crippen molar-refractivity contribution in [2.45, 2.75) is 18.4 Å². The minimum atomic E-state index is -1.81. The van der Waals surface area contributed by atoms with Gasteiger partial charge in [0.2, 0.25) is 0 Å². The molecule has 24 heavy (non-hydrogen) atoms. The van der Waals surface area contributed by atoms with Gasteiger partial charge in [-0.05, 0) is 36.6 Å². The van der Waals surface area contributed by atoms with Crippen molar-refractivity contribution >= 4 is 33.3 Å². The van der Waals surface area contributed by atoms with E-state index in [0.717, 1.165) is 10.0 Å². The first-order valence-electron chi connectivity index (χ1n) is 7.87. The molecular weight excluding hydrogens is 370 g/mol. The number of likely N-dealkylation sites (N-methyl/N-ethyl adjacent to an activating group) is 1. The lowest BCUT2D eigenvalue weighted by atomic mass is 9.71. The summed E-state index contributed by atoms with van der Waals surface area (Å²) in [6, 6.07) is 12.8. The molecule has 4 nitrogen and oxygen atoms in total. The first kappa shape index (κ1) is 15.5. The van der Waals surface area contributed by atoms with Crippen molar-refractivity contribution in [2.24, 2.45) is 5.92 Å². The average molecular weight is 386 g/mol. The summed E-state index contributed by atoms with van der Waals surface area (Å²) >= 11 is 3.40. The summed E-state index contributed by atoms with van der Waals surface area (Å²) in [5.74, 6) is -1.36. The van der Waals surface area contributed by atoms with Crippen LogP contribution in [-0.2, 0) is 16.8 Å². The number of anilines is 1. The first-order valence-corrected chi connectivity index (χ1v) is 8.66. The summed E-state index contributed by atoms with van der Waals surface area (Å²) in [6.07, 6.45) is 1.13. The molecule has 0 spiro atoms. The number of fused-ring (bicyclic) bond motifs is 2. The third-order valence-electron chi connectivity index (χ3n) is 5.17. The number of aliphatic hydroxyl groups is 1. The zero-order chi connectivity index (χ0) is 17.1. The summed E-state index contributed by atoms with van der Waals surface area (Å²) < 4.78 is 0.770. The first-order chi connectivity index (χ1) is 11.4. The van der Waals surface area contributed by atoms with Gasteiger partial charge in [-0.2, -0.15) is 0 Å². The molecule has 1 heterocycles. The zero-order valence-corrected chi connectivity index (χ0v) is 14.7. The molecule has 0 radical (unpaired) electrons. The molecule has 2 atom stereocenters. The van der Waals surface area contributed by atoms with Crippen LogP contribution < -0.4 is 4.90 Å². The lowest BCUT2D eigenvalue weighted by molar-refractivity contribution is -0.140. The topological polar surface area (TPSA) is 57.6 Å². The number of amides is 1. The van der Waals surface area contributed by atoms with Gasteiger partial charge in [0.25, 0.3) is 5.91 Å². The van der Waals surface area contributed by atoms with Gasteiger partial charge >= 0.3 is 0 Å². The Kier molecular flexibility index (Phi) is 3.41. The van der Waals surface area contributed by atoms with Gasteiger partial charge in [0.1, 0.15) is 0 Å². The van der Waals surface area contributed by atoms with E-state index >= 15 is 0 Å². The van der Waals surface area contributed by atoms with E-state index < -0.39 is 17.4 Å². The van der Waals surface area contributed by atoms with Crippen molar-refractivity contribution in [3.05, 3.63) is 63.6 Å². The summed E-state index contributed by atoms with van der Waals surface area (Å²) in [5.41, 5.74) is 0.939. The number of hydrogen-bond acceptors (Lipinski definition) is 3. The van der Waals surface area contributed by atoms with E-state index in [-0.39, 0.29) is 5.78 Å². The molecule has 0 aromatic heterocycles. The molecule has 0 fully saturated rings. The third-order valence-corrected chi connectivity index (χ3v) is 5.66. The molecule has 5 heteroatoms. The second kappa shape index (κ2) is 5.26. The molecule has 1 amide bonds. The number of carbonyl (C=O) groups is 2. The van der Waals surface area contributed by atoms with E-state index in [1.807, 2.05) is 24.3 Å². The fraction of sp³-hybridized carbons (Fsp3) is 0.263. The molecule has 0 unspecified atom stereocenters. The van der Waals surface area contributed by atoms with Gasteiger partial charge in [-0.25, -0.2) is 0 Å². The third kappa shape index (κ3) is 1.95. The van der Waals surface area contributed by atoms with Crippen molar-refractivity contribution in [1.82, 2.24) is 0 Å². The van der Waals surface area contributed by atoms with Crippen molar-refractivity contribution < 1.29 is 14.7 Å². The van der Waals surface area contributed by atoms with Crippen LogP contribution in [0.25, 0.3) is 0 Å². The highest BCUT2D eigenvalue weighted by Crippen LogP contribution is 2.48. The normalized spacial score (nSPS) is 25.6. The molecule has 2 aromatic carbocycles.